The summed E-state index contributed by atoms with van der Waals surface area (Å²) in [5.41, 5.74) is 0.0448. The van der Waals surface area contributed by atoms with E-state index in [1.54, 1.807) is 0 Å². The van der Waals surface area contributed by atoms with Crippen molar-refractivity contribution in [3.63, 3.8) is 0 Å². The number of aromatic nitrogens is 4. The molecule has 2 rings (SSSR count). The highest BCUT2D eigenvalue weighted by molar-refractivity contribution is 5.89. The van der Waals surface area contributed by atoms with Crippen LogP contribution in [0.1, 0.15) is 26.2 Å². The SMILES string of the molecule is CCCCC(=O)Nc1nc2c(ncn2COCCO)c(=O)[nH]1. The van der Waals surface area contributed by atoms with Crippen LogP contribution in [0, 0.1) is 0 Å². The first-order valence-corrected chi connectivity index (χ1v) is 7.09. The summed E-state index contributed by atoms with van der Waals surface area (Å²) in [5, 5.41) is 11.3. The van der Waals surface area contributed by atoms with Gasteiger partial charge >= 0.3 is 0 Å². The number of H-pyrrole nitrogens is 1. The molecule has 0 radical (unpaired) electrons. The third kappa shape index (κ3) is 3.89. The first kappa shape index (κ1) is 16.1. The first-order chi connectivity index (χ1) is 10.7. The summed E-state index contributed by atoms with van der Waals surface area (Å²) in [6.07, 6.45) is 3.47. The van der Waals surface area contributed by atoms with Crippen molar-refractivity contribution in [2.75, 3.05) is 18.5 Å². The van der Waals surface area contributed by atoms with Gasteiger partial charge in [0.2, 0.25) is 11.9 Å². The number of ether oxygens (including phenoxy) is 1. The van der Waals surface area contributed by atoms with Crippen LogP contribution in [-0.4, -0.2) is 43.7 Å². The third-order valence-electron chi connectivity index (χ3n) is 2.96. The van der Waals surface area contributed by atoms with Gasteiger partial charge in [-0.15, -0.1) is 0 Å². The third-order valence-corrected chi connectivity index (χ3v) is 2.96. The molecular formula is C13H19N5O4. The summed E-state index contributed by atoms with van der Waals surface area (Å²) in [5.74, 6) is -0.116. The molecule has 3 N–H and O–H groups in total. The van der Waals surface area contributed by atoms with Crippen molar-refractivity contribution in [3.05, 3.63) is 16.7 Å². The van der Waals surface area contributed by atoms with E-state index >= 15 is 0 Å². The van der Waals surface area contributed by atoms with E-state index in [1.165, 1.54) is 10.9 Å². The molecule has 2 heterocycles. The molecule has 0 fully saturated rings. The fourth-order valence-corrected chi connectivity index (χ4v) is 1.87. The van der Waals surface area contributed by atoms with Gasteiger partial charge in [-0.2, -0.15) is 4.98 Å². The minimum Gasteiger partial charge on any atom is -0.394 e. The fraction of sp³-hybridized carbons (Fsp3) is 0.538. The van der Waals surface area contributed by atoms with Crippen molar-refractivity contribution in [3.8, 4) is 0 Å². The zero-order valence-electron chi connectivity index (χ0n) is 12.3. The van der Waals surface area contributed by atoms with E-state index in [0.717, 1.165) is 12.8 Å². The fourth-order valence-electron chi connectivity index (χ4n) is 1.87. The van der Waals surface area contributed by atoms with Crippen molar-refractivity contribution in [1.29, 1.82) is 0 Å². The second-order valence-electron chi connectivity index (χ2n) is 4.71. The molecule has 9 heteroatoms. The molecule has 9 nitrogen and oxygen atoms in total. The van der Waals surface area contributed by atoms with E-state index in [-0.39, 0.29) is 37.3 Å². The van der Waals surface area contributed by atoms with Gasteiger partial charge in [-0.3, -0.25) is 24.5 Å². The Morgan fingerprint density at radius 1 is 1.55 bits per heavy atom. The molecule has 0 spiro atoms. The topological polar surface area (TPSA) is 122 Å². The average molecular weight is 309 g/mol. The molecule has 0 aliphatic carbocycles. The van der Waals surface area contributed by atoms with Gasteiger partial charge in [0.25, 0.3) is 5.56 Å². The summed E-state index contributed by atoms with van der Waals surface area (Å²) >= 11 is 0. The Morgan fingerprint density at radius 3 is 3.09 bits per heavy atom. The number of aliphatic hydroxyl groups is 1. The number of nitrogens with zero attached hydrogens (tertiary/aromatic N) is 3. The lowest BCUT2D eigenvalue weighted by Crippen LogP contribution is -2.19. The Morgan fingerprint density at radius 2 is 2.36 bits per heavy atom. The lowest BCUT2D eigenvalue weighted by molar-refractivity contribution is -0.116. The number of unbranched alkanes of at least 4 members (excludes halogenated alkanes) is 1. The van der Waals surface area contributed by atoms with Gasteiger partial charge in [0.15, 0.2) is 11.2 Å². The highest BCUT2D eigenvalue weighted by Gasteiger charge is 2.12. The Hall–Kier alpha value is -2.26. The average Bonchev–Trinajstić information content (AvgIpc) is 2.89. The van der Waals surface area contributed by atoms with Crippen LogP contribution in [0.15, 0.2) is 11.1 Å². The van der Waals surface area contributed by atoms with Crippen LogP contribution in [-0.2, 0) is 16.3 Å². The van der Waals surface area contributed by atoms with Crippen molar-refractivity contribution in [1.82, 2.24) is 19.5 Å². The van der Waals surface area contributed by atoms with Gasteiger partial charge < -0.3 is 9.84 Å². The highest BCUT2D eigenvalue weighted by Crippen LogP contribution is 2.08. The maximum Gasteiger partial charge on any atom is 0.280 e. The van der Waals surface area contributed by atoms with Gasteiger partial charge in [0.1, 0.15) is 6.73 Å². The number of carbonyl (C=O) groups excluding carboxylic acids is 1. The van der Waals surface area contributed by atoms with E-state index in [1.807, 2.05) is 6.92 Å². The molecule has 1 amide bonds. The minimum absolute atomic E-state index is 0.0857. The Labute approximate surface area is 126 Å². The molecule has 0 bridgehead atoms. The highest BCUT2D eigenvalue weighted by atomic mass is 16.5. The maximum atomic E-state index is 11.9. The van der Waals surface area contributed by atoms with Crippen molar-refractivity contribution >= 4 is 23.0 Å². The number of aliphatic hydroxyl groups excluding tert-OH is 1. The van der Waals surface area contributed by atoms with Crippen LogP contribution in [0.2, 0.25) is 0 Å². The number of nitrogens with one attached hydrogen (secondary N) is 2. The summed E-state index contributed by atoms with van der Waals surface area (Å²) in [6.45, 7) is 2.17. The van der Waals surface area contributed by atoms with Crippen LogP contribution in [0.4, 0.5) is 5.95 Å². The van der Waals surface area contributed by atoms with Gasteiger partial charge in [-0.1, -0.05) is 13.3 Å². The zero-order chi connectivity index (χ0) is 15.9. The number of hydrogen-bond donors (Lipinski definition) is 3. The predicted octanol–water partition coefficient (Wildman–Crippen LogP) is 0.215. The molecule has 0 aromatic carbocycles. The minimum atomic E-state index is -0.434. The molecule has 22 heavy (non-hydrogen) atoms. The van der Waals surface area contributed by atoms with Crippen molar-refractivity contribution in [2.45, 2.75) is 32.9 Å². The van der Waals surface area contributed by atoms with Crippen molar-refractivity contribution in [2.24, 2.45) is 0 Å². The van der Waals surface area contributed by atoms with Gasteiger partial charge in [-0.25, -0.2) is 4.98 Å². The van der Waals surface area contributed by atoms with E-state index in [2.05, 4.69) is 20.3 Å². The number of aromatic amines is 1. The molecular weight excluding hydrogens is 290 g/mol. The Kier molecular flexibility index (Phi) is 5.61. The largest absolute Gasteiger partial charge is 0.394 e. The van der Waals surface area contributed by atoms with E-state index in [9.17, 15) is 9.59 Å². The second-order valence-corrected chi connectivity index (χ2v) is 4.71. The quantitative estimate of drug-likeness (QED) is 0.599. The number of rotatable bonds is 8. The van der Waals surface area contributed by atoms with Crippen LogP contribution in [0.25, 0.3) is 11.2 Å². The molecule has 0 atom stereocenters. The summed E-state index contributed by atoms with van der Waals surface area (Å²) in [6, 6.07) is 0. The van der Waals surface area contributed by atoms with Crippen LogP contribution >= 0.6 is 0 Å². The first-order valence-electron chi connectivity index (χ1n) is 7.09. The van der Waals surface area contributed by atoms with Crippen LogP contribution < -0.4 is 10.9 Å². The molecule has 120 valence electrons. The number of anilines is 1. The summed E-state index contributed by atoms with van der Waals surface area (Å²) < 4.78 is 6.71. The lowest BCUT2D eigenvalue weighted by Gasteiger charge is -2.06. The monoisotopic (exact) mass is 309 g/mol. The number of carbonyl (C=O) groups is 1. The van der Waals surface area contributed by atoms with E-state index in [0.29, 0.717) is 12.1 Å². The molecule has 0 saturated heterocycles. The summed E-state index contributed by atoms with van der Waals surface area (Å²) in [7, 11) is 0. The maximum absolute atomic E-state index is 11.9. The number of amides is 1. The normalized spacial score (nSPS) is 11.0. The smallest absolute Gasteiger partial charge is 0.280 e. The lowest BCUT2D eigenvalue weighted by atomic mass is 10.2. The molecule has 0 unspecified atom stereocenters. The molecule has 2 aromatic rings. The van der Waals surface area contributed by atoms with Crippen molar-refractivity contribution < 1.29 is 14.6 Å². The van der Waals surface area contributed by atoms with Gasteiger partial charge in [0.05, 0.1) is 19.5 Å². The van der Waals surface area contributed by atoms with Gasteiger partial charge in [-0.05, 0) is 6.42 Å². The van der Waals surface area contributed by atoms with Gasteiger partial charge in [0, 0.05) is 6.42 Å². The van der Waals surface area contributed by atoms with Crippen LogP contribution in [0.5, 0.6) is 0 Å². The number of imidazole rings is 1. The molecule has 0 aliphatic rings. The Bertz CT molecular complexity index is 693. The molecule has 2 aromatic heterocycles. The van der Waals surface area contributed by atoms with E-state index < -0.39 is 5.56 Å². The standard InChI is InChI=1S/C13H19N5O4/c1-2-3-4-9(20)15-13-16-11-10(12(21)17-13)14-7-18(11)8-22-6-5-19/h7,19H,2-6,8H2,1H3,(H2,15,16,17,20,21). The number of fused-ring (bicyclic) bond motifs is 1. The molecule has 0 saturated carbocycles. The number of hydrogen-bond acceptors (Lipinski definition) is 6. The van der Waals surface area contributed by atoms with Crippen LogP contribution in [0.3, 0.4) is 0 Å². The zero-order valence-corrected chi connectivity index (χ0v) is 12.3. The molecule has 0 aliphatic heterocycles. The second kappa shape index (κ2) is 7.66. The predicted molar refractivity (Wildman–Crippen MR) is 79.3 cm³/mol. The Balaban J connectivity index is 2.20. The van der Waals surface area contributed by atoms with E-state index in [4.69, 9.17) is 9.84 Å². The summed E-state index contributed by atoms with van der Waals surface area (Å²) in [4.78, 5) is 34.3.